The number of carbonyl (C=O) groups is 1. The number of rotatable bonds is 4. The number of carbonyl (C=O) groups excluding carboxylic acids is 1. The number of ether oxygens (including phenoxy) is 1. The Morgan fingerprint density at radius 2 is 1.79 bits per heavy atom. The zero-order valence-electron chi connectivity index (χ0n) is 15.6. The molecule has 9 heteroatoms. The molecule has 1 saturated heterocycles. The molecule has 2 aromatic heterocycles. The van der Waals surface area contributed by atoms with Gasteiger partial charge in [0.1, 0.15) is 6.54 Å². The highest BCUT2D eigenvalue weighted by Gasteiger charge is 2.21. The van der Waals surface area contributed by atoms with Gasteiger partial charge in [0.2, 0.25) is 5.91 Å². The Morgan fingerprint density at radius 3 is 2.52 bits per heavy atom. The lowest BCUT2D eigenvalue weighted by Crippen LogP contribution is -2.46. The zero-order chi connectivity index (χ0) is 20.4. The van der Waals surface area contributed by atoms with Crippen LogP contribution in [0.4, 0.5) is 0 Å². The second-order valence-corrected chi connectivity index (χ2v) is 7.19. The Morgan fingerprint density at radius 1 is 1.07 bits per heavy atom. The summed E-state index contributed by atoms with van der Waals surface area (Å²) in [6.07, 6.45) is 1.50. The van der Waals surface area contributed by atoms with Gasteiger partial charge in [-0.25, -0.2) is 9.78 Å². The summed E-state index contributed by atoms with van der Waals surface area (Å²) in [6, 6.07) is 10.2. The Balaban J connectivity index is 1.78. The van der Waals surface area contributed by atoms with Gasteiger partial charge in [-0.05, 0) is 29.8 Å². The Hall–Kier alpha value is -2.97. The minimum atomic E-state index is -0.549. The Labute approximate surface area is 170 Å². The fourth-order valence-electron chi connectivity index (χ4n) is 3.36. The molecule has 0 aliphatic carbocycles. The first-order valence-corrected chi connectivity index (χ1v) is 9.61. The molecule has 150 valence electrons. The van der Waals surface area contributed by atoms with Crippen LogP contribution in [0.15, 0.2) is 52.2 Å². The van der Waals surface area contributed by atoms with Crippen LogP contribution < -0.4 is 11.2 Å². The van der Waals surface area contributed by atoms with Crippen molar-refractivity contribution in [3.63, 3.8) is 0 Å². The van der Waals surface area contributed by atoms with Crippen LogP contribution >= 0.6 is 11.6 Å². The minimum absolute atomic E-state index is 0.0626. The molecular weight excluding hydrogens is 396 g/mol. The van der Waals surface area contributed by atoms with E-state index in [0.717, 1.165) is 10.1 Å². The SMILES string of the molecule is O=C(Cn1c(=O)n(Cc2ccc(Cl)cc2)c(=O)c2ncccc21)N1CCOCC1. The average Bonchev–Trinajstić information content (AvgIpc) is 2.76. The zero-order valence-corrected chi connectivity index (χ0v) is 16.3. The summed E-state index contributed by atoms with van der Waals surface area (Å²) in [5, 5.41) is 0.565. The van der Waals surface area contributed by atoms with Gasteiger partial charge in [-0.2, -0.15) is 0 Å². The normalized spacial score (nSPS) is 14.3. The summed E-state index contributed by atoms with van der Waals surface area (Å²) in [6.45, 7) is 1.80. The van der Waals surface area contributed by atoms with Crippen molar-refractivity contribution in [3.8, 4) is 0 Å². The highest BCUT2D eigenvalue weighted by molar-refractivity contribution is 6.30. The lowest BCUT2D eigenvalue weighted by atomic mass is 10.2. The number of nitrogens with zero attached hydrogens (tertiary/aromatic N) is 4. The van der Waals surface area contributed by atoms with E-state index in [4.69, 9.17) is 16.3 Å². The molecule has 0 saturated carbocycles. The maximum absolute atomic E-state index is 13.2. The van der Waals surface area contributed by atoms with Gasteiger partial charge in [-0.1, -0.05) is 23.7 Å². The second-order valence-electron chi connectivity index (χ2n) is 6.75. The van der Waals surface area contributed by atoms with Crippen LogP contribution in [0.2, 0.25) is 5.02 Å². The van der Waals surface area contributed by atoms with E-state index in [0.29, 0.717) is 36.8 Å². The molecule has 1 aliphatic heterocycles. The molecule has 0 bridgehead atoms. The highest BCUT2D eigenvalue weighted by Crippen LogP contribution is 2.11. The first-order chi connectivity index (χ1) is 14.0. The fraction of sp³-hybridized carbons (Fsp3) is 0.300. The van der Waals surface area contributed by atoms with Crippen molar-refractivity contribution in [2.24, 2.45) is 0 Å². The number of fused-ring (bicyclic) bond motifs is 1. The van der Waals surface area contributed by atoms with Gasteiger partial charge < -0.3 is 9.64 Å². The van der Waals surface area contributed by atoms with Gasteiger partial charge in [0.05, 0.1) is 25.3 Å². The van der Waals surface area contributed by atoms with E-state index in [9.17, 15) is 14.4 Å². The van der Waals surface area contributed by atoms with Gasteiger partial charge in [-0.3, -0.25) is 18.7 Å². The van der Waals surface area contributed by atoms with Gasteiger partial charge in [0.15, 0.2) is 5.52 Å². The quantitative estimate of drug-likeness (QED) is 0.638. The highest BCUT2D eigenvalue weighted by atomic mass is 35.5. The first kappa shape index (κ1) is 19.4. The summed E-state index contributed by atoms with van der Waals surface area (Å²) in [7, 11) is 0. The van der Waals surface area contributed by atoms with Crippen LogP contribution in [-0.4, -0.2) is 51.2 Å². The van der Waals surface area contributed by atoms with Crippen molar-refractivity contribution in [2.45, 2.75) is 13.1 Å². The third-order valence-electron chi connectivity index (χ3n) is 4.90. The van der Waals surface area contributed by atoms with Crippen molar-refractivity contribution in [2.75, 3.05) is 26.3 Å². The predicted octanol–water partition coefficient (Wildman–Crippen LogP) is 1.12. The maximum Gasteiger partial charge on any atom is 0.332 e. The summed E-state index contributed by atoms with van der Waals surface area (Å²) in [4.78, 5) is 44.6. The van der Waals surface area contributed by atoms with Gasteiger partial charge >= 0.3 is 5.69 Å². The van der Waals surface area contributed by atoms with E-state index in [1.54, 1.807) is 41.3 Å². The molecule has 0 N–H and O–H groups in total. The number of amides is 1. The van der Waals surface area contributed by atoms with Gasteiger partial charge in [0, 0.05) is 24.3 Å². The molecule has 1 fully saturated rings. The standard InChI is InChI=1S/C20H19ClN4O4/c21-15-5-3-14(4-6-15)12-25-19(27)18-16(2-1-7-22-18)24(20(25)28)13-17(26)23-8-10-29-11-9-23/h1-7H,8-13H2. The molecule has 1 aromatic carbocycles. The van der Waals surface area contributed by atoms with Crippen molar-refractivity contribution in [1.82, 2.24) is 19.0 Å². The molecule has 3 aromatic rings. The van der Waals surface area contributed by atoms with Crippen molar-refractivity contribution in [3.05, 3.63) is 74.0 Å². The largest absolute Gasteiger partial charge is 0.378 e. The van der Waals surface area contributed by atoms with E-state index in [2.05, 4.69) is 4.98 Å². The predicted molar refractivity (Wildman–Crippen MR) is 108 cm³/mol. The lowest BCUT2D eigenvalue weighted by molar-refractivity contribution is -0.135. The lowest BCUT2D eigenvalue weighted by Gasteiger charge is -2.27. The van der Waals surface area contributed by atoms with E-state index in [1.807, 2.05) is 0 Å². The van der Waals surface area contributed by atoms with E-state index in [1.165, 1.54) is 10.8 Å². The molecule has 8 nitrogen and oxygen atoms in total. The number of hydrogen-bond acceptors (Lipinski definition) is 5. The number of benzene rings is 1. The van der Waals surface area contributed by atoms with Crippen LogP contribution in [0.1, 0.15) is 5.56 Å². The molecule has 0 radical (unpaired) electrons. The smallest absolute Gasteiger partial charge is 0.332 e. The minimum Gasteiger partial charge on any atom is -0.378 e. The molecule has 1 amide bonds. The van der Waals surface area contributed by atoms with Gasteiger partial charge in [0.25, 0.3) is 5.56 Å². The van der Waals surface area contributed by atoms with E-state index < -0.39 is 11.2 Å². The van der Waals surface area contributed by atoms with Crippen LogP contribution in [0, 0.1) is 0 Å². The number of halogens is 1. The maximum atomic E-state index is 13.2. The summed E-state index contributed by atoms with van der Waals surface area (Å²) < 4.78 is 7.70. The van der Waals surface area contributed by atoms with E-state index in [-0.39, 0.29) is 24.5 Å². The number of aromatic nitrogens is 3. The second kappa shape index (κ2) is 8.18. The van der Waals surface area contributed by atoms with E-state index >= 15 is 0 Å². The molecule has 0 unspecified atom stereocenters. The molecule has 0 spiro atoms. The first-order valence-electron chi connectivity index (χ1n) is 9.23. The van der Waals surface area contributed by atoms with Gasteiger partial charge in [-0.15, -0.1) is 0 Å². The fourth-order valence-corrected chi connectivity index (χ4v) is 3.48. The van der Waals surface area contributed by atoms with Crippen molar-refractivity contribution >= 4 is 28.5 Å². The monoisotopic (exact) mass is 414 g/mol. The Kier molecular flexibility index (Phi) is 5.46. The molecule has 3 heterocycles. The average molecular weight is 415 g/mol. The van der Waals surface area contributed by atoms with Crippen molar-refractivity contribution < 1.29 is 9.53 Å². The summed E-state index contributed by atoms with van der Waals surface area (Å²) >= 11 is 5.92. The number of morpholine rings is 1. The number of pyridine rings is 1. The molecule has 0 atom stereocenters. The summed E-state index contributed by atoms with van der Waals surface area (Å²) in [5.41, 5.74) is 0.199. The molecule has 1 aliphatic rings. The van der Waals surface area contributed by atoms with Crippen LogP contribution in [0.5, 0.6) is 0 Å². The van der Waals surface area contributed by atoms with Crippen LogP contribution in [0.3, 0.4) is 0 Å². The van der Waals surface area contributed by atoms with Crippen molar-refractivity contribution in [1.29, 1.82) is 0 Å². The topological polar surface area (TPSA) is 86.4 Å². The third kappa shape index (κ3) is 3.94. The Bertz CT molecular complexity index is 1160. The van der Waals surface area contributed by atoms with Crippen LogP contribution in [0.25, 0.3) is 11.0 Å². The summed E-state index contributed by atoms with van der Waals surface area (Å²) in [5.74, 6) is -0.197. The van der Waals surface area contributed by atoms with Crippen LogP contribution in [-0.2, 0) is 22.6 Å². The third-order valence-corrected chi connectivity index (χ3v) is 5.15. The molecular formula is C20H19ClN4O4. The molecule has 29 heavy (non-hydrogen) atoms. The number of hydrogen-bond donors (Lipinski definition) is 0. The molecule has 4 rings (SSSR count).